The van der Waals surface area contributed by atoms with Gasteiger partial charge in [0, 0.05) is 0 Å². The van der Waals surface area contributed by atoms with Crippen LogP contribution in [0, 0.1) is 0 Å². The maximum absolute atomic E-state index is 13.5. The number of aromatic nitrogens is 4. The van der Waals surface area contributed by atoms with Gasteiger partial charge in [-0.3, -0.25) is 4.57 Å². The minimum Gasteiger partial charge on any atom is -0.451 e. The van der Waals surface area contributed by atoms with Crippen molar-refractivity contribution in [2.45, 2.75) is 63.4 Å². The van der Waals surface area contributed by atoms with Crippen LogP contribution < -0.4 is 10.9 Å². The highest BCUT2D eigenvalue weighted by atomic mass is 28.3. The van der Waals surface area contributed by atoms with Gasteiger partial charge in [0.15, 0.2) is 23.8 Å². The van der Waals surface area contributed by atoms with E-state index in [9.17, 15) is 15.0 Å². The summed E-state index contributed by atoms with van der Waals surface area (Å²) in [5, 5.41) is 21.7. The Labute approximate surface area is 198 Å². The van der Waals surface area contributed by atoms with E-state index < -0.39 is 45.2 Å². The van der Waals surface area contributed by atoms with Gasteiger partial charge < -0.3 is 25.4 Å². The monoisotopic (exact) mass is 485 g/mol. The lowest BCUT2D eigenvalue weighted by Crippen LogP contribution is -2.49. The Balaban J connectivity index is 1.71. The number of carbonyl (C=O) groups is 1. The zero-order valence-electron chi connectivity index (χ0n) is 19.6. The fourth-order valence-corrected chi connectivity index (χ4v) is 8.76. The third-order valence-corrected chi connectivity index (χ3v) is 12.8. The molecule has 0 bridgehead atoms. The van der Waals surface area contributed by atoms with E-state index >= 15 is 0 Å². The van der Waals surface area contributed by atoms with E-state index in [0.717, 1.165) is 23.3 Å². The normalized spacial score (nSPS) is 22.9. The quantitative estimate of drug-likeness (QED) is 0.320. The minimum atomic E-state index is -1.89. The zero-order chi connectivity index (χ0) is 24.5. The predicted molar refractivity (Wildman–Crippen MR) is 129 cm³/mol. The lowest BCUT2D eigenvalue weighted by molar-refractivity contribution is -0.0564. The van der Waals surface area contributed by atoms with Gasteiger partial charge in [-0.05, 0) is 11.3 Å². The number of esters is 1. The van der Waals surface area contributed by atoms with E-state index in [4.69, 9.17) is 15.2 Å². The first-order valence-electron chi connectivity index (χ1n) is 11.6. The van der Waals surface area contributed by atoms with Crippen molar-refractivity contribution in [1.82, 2.24) is 19.5 Å². The average Bonchev–Trinajstić information content (AvgIpc) is 3.43. The molecule has 3 aromatic rings. The Hall–Kier alpha value is -2.86. The number of fused-ring (bicyclic) bond motifs is 1. The molecule has 1 aliphatic rings. The molecule has 0 saturated carbocycles. The van der Waals surface area contributed by atoms with Gasteiger partial charge in [-0.2, -0.15) is 0 Å². The first kappa shape index (κ1) is 24.3. The van der Waals surface area contributed by atoms with Crippen molar-refractivity contribution >= 4 is 36.2 Å². The van der Waals surface area contributed by atoms with E-state index in [1.165, 1.54) is 12.7 Å². The number of nitrogen functional groups attached to an aromatic ring is 1. The highest BCUT2D eigenvalue weighted by molar-refractivity contribution is 6.92. The van der Waals surface area contributed by atoms with Gasteiger partial charge in [0.05, 0.1) is 26.6 Å². The number of imidazole rings is 1. The minimum absolute atomic E-state index is 0.198. The molecule has 4 atom stereocenters. The second-order valence-electron chi connectivity index (χ2n) is 8.58. The van der Waals surface area contributed by atoms with Crippen LogP contribution in [-0.4, -0.2) is 68.7 Å². The fraction of sp³-hybridized carbons (Fsp3) is 0.478. The van der Waals surface area contributed by atoms with Crippen LogP contribution in [-0.2, 0) is 9.47 Å². The van der Waals surface area contributed by atoms with Crippen LogP contribution in [0.15, 0.2) is 36.9 Å². The molecule has 11 heteroatoms. The Morgan fingerprint density at radius 3 is 2.56 bits per heavy atom. The van der Waals surface area contributed by atoms with Crippen LogP contribution in [0.1, 0.15) is 37.4 Å². The molecule has 1 aliphatic heterocycles. The number of benzene rings is 1. The molecule has 0 aliphatic carbocycles. The van der Waals surface area contributed by atoms with Crippen LogP contribution in [0.3, 0.4) is 0 Å². The number of carbonyl (C=O) groups excluding carboxylic acids is 1. The summed E-state index contributed by atoms with van der Waals surface area (Å²) in [7, 11) is -1.89. The summed E-state index contributed by atoms with van der Waals surface area (Å²) in [6.07, 6.45) is -1.48. The first-order chi connectivity index (χ1) is 16.4. The largest absolute Gasteiger partial charge is 0.451 e. The maximum Gasteiger partial charge on any atom is 0.338 e. The molecule has 4 rings (SSSR count). The fourth-order valence-electron chi connectivity index (χ4n) is 4.91. The molecule has 0 radical (unpaired) electrons. The summed E-state index contributed by atoms with van der Waals surface area (Å²) in [6.45, 7) is 6.09. The summed E-state index contributed by atoms with van der Waals surface area (Å²) >= 11 is 0. The van der Waals surface area contributed by atoms with E-state index in [1.54, 1.807) is 10.6 Å². The molecular formula is C23H31N5O5Si. The molecule has 1 aromatic carbocycles. The van der Waals surface area contributed by atoms with Gasteiger partial charge in [-0.25, -0.2) is 19.7 Å². The van der Waals surface area contributed by atoms with Crippen molar-refractivity contribution in [2.24, 2.45) is 0 Å². The maximum atomic E-state index is 13.5. The molecule has 0 spiro atoms. The summed E-state index contributed by atoms with van der Waals surface area (Å²) in [5.74, 6) is -0.332. The average molecular weight is 486 g/mol. The lowest BCUT2D eigenvalue weighted by Gasteiger charge is -2.31. The van der Waals surface area contributed by atoms with Crippen LogP contribution in [0.4, 0.5) is 5.82 Å². The number of ether oxygens (including phenoxy) is 2. The van der Waals surface area contributed by atoms with E-state index in [0.29, 0.717) is 16.7 Å². The number of nitrogens with zero attached hydrogens (tertiary/aromatic N) is 4. The Morgan fingerprint density at radius 2 is 1.88 bits per heavy atom. The van der Waals surface area contributed by atoms with Crippen molar-refractivity contribution in [1.29, 1.82) is 0 Å². The second-order valence-corrected chi connectivity index (χ2v) is 13.8. The van der Waals surface area contributed by atoms with Crippen LogP contribution >= 0.6 is 0 Å². The van der Waals surface area contributed by atoms with Gasteiger partial charge in [0.2, 0.25) is 0 Å². The van der Waals surface area contributed by atoms with Crippen molar-refractivity contribution < 1.29 is 24.5 Å². The van der Waals surface area contributed by atoms with Gasteiger partial charge >= 0.3 is 5.97 Å². The molecule has 0 amide bonds. The SMILES string of the molecule is CC[Si](CC)(CC)c1ccccc1C(=O)O[C@@H]1[C@H](O)[C@@H](CO)O[C@H]1n1cnc2c(N)ncnc21. The van der Waals surface area contributed by atoms with Crippen molar-refractivity contribution in [3.63, 3.8) is 0 Å². The Bertz CT molecular complexity index is 1160. The predicted octanol–water partition coefficient (Wildman–Crippen LogP) is 1.60. The second kappa shape index (κ2) is 9.78. The Morgan fingerprint density at radius 1 is 1.18 bits per heavy atom. The molecule has 34 heavy (non-hydrogen) atoms. The number of aliphatic hydroxyl groups excluding tert-OH is 2. The summed E-state index contributed by atoms with van der Waals surface area (Å²) < 4.78 is 13.3. The van der Waals surface area contributed by atoms with E-state index in [2.05, 4.69) is 35.7 Å². The number of rotatable bonds is 8. The number of hydrogen-bond acceptors (Lipinski definition) is 9. The molecule has 1 fully saturated rings. The van der Waals surface area contributed by atoms with Gasteiger partial charge in [0.25, 0.3) is 0 Å². The first-order valence-corrected chi connectivity index (χ1v) is 14.2. The molecule has 2 aromatic heterocycles. The highest BCUT2D eigenvalue weighted by Gasteiger charge is 2.48. The summed E-state index contributed by atoms with van der Waals surface area (Å²) in [5.41, 5.74) is 7.16. The summed E-state index contributed by atoms with van der Waals surface area (Å²) in [6, 6.07) is 10.6. The topological polar surface area (TPSA) is 146 Å². The van der Waals surface area contributed by atoms with Gasteiger partial charge in [0.1, 0.15) is 24.1 Å². The molecule has 1 saturated heterocycles. The molecule has 3 heterocycles. The number of aliphatic hydroxyl groups is 2. The number of nitrogens with two attached hydrogens (primary N) is 1. The van der Waals surface area contributed by atoms with E-state index in [-0.39, 0.29) is 5.82 Å². The summed E-state index contributed by atoms with van der Waals surface area (Å²) in [4.78, 5) is 25.9. The number of hydrogen-bond donors (Lipinski definition) is 3. The molecule has 4 N–H and O–H groups in total. The van der Waals surface area contributed by atoms with Crippen molar-refractivity contribution in [3.8, 4) is 0 Å². The third-order valence-electron chi connectivity index (χ3n) is 7.15. The third kappa shape index (κ3) is 3.98. The van der Waals surface area contributed by atoms with Crippen molar-refractivity contribution in [2.75, 3.05) is 12.3 Å². The van der Waals surface area contributed by atoms with Crippen LogP contribution in [0.5, 0.6) is 0 Å². The number of anilines is 1. The Kier molecular flexibility index (Phi) is 6.98. The molecular weight excluding hydrogens is 454 g/mol. The zero-order valence-corrected chi connectivity index (χ0v) is 20.6. The van der Waals surface area contributed by atoms with Gasteiger partial charge in [-0.1, -0.05) is 57.1 Å². The van der Waals surface area contributed by atoms with Gasteiger partial charge in [-0.15, -0.1) is 0 Å². The smallest absolute Gasteiger partial charge is 0.338 e. The van der Waals surface area contributed by atoms with E-state index in [1.807, 2.05) is 18.2 Å². The molecule has 182 valence electrons. The van der Waals surface area contributed by atoms with Crippen LogP contribution in [0.2, 0.25) is 18.1 Å². The standard InChI is InChI=1S/C23H31N5O5Si/c1-4-34(5-2,6-3)16-10-8-7-9-14(16)23(31)33-19-18(30)15(11-29)32-22(19)28-13-27-17-20(24)25-12-26-21(17)28/h7-10,12-13,15,18-19,22,29-30H,4-6,11H2,1-3H3,(H2,24,25,26)/t15-,18-,19-,22-/m1/s1. The van der Waals surface area contributed by atoms with Crippen LogP contribution in [0.25, 0.3) is 11.2 Å². The van der Waals surface area contributed by atoms with Crippen molar-refractivity contribution in [3.05, 3.63) is 42.5 Å². The lowest BCUT2D eigenvalue weighted by atomic mass is 10.1. The molecule has 10 nitrogen and oxygen atoms in total. The highest BCUT2D eigenvalue weighted by Crippen LogP contribution is 2.34. The molecule has 0 unspecified atom stereocenters.